The summed E-state index contributed by atoms with van der Waals surface area (Å²) in [7, 11) is 0. The lowest BCUT2D eigenvalue weighted by Gasteiger charge is -2.13. The van der Waals surface area contributed by atoms with E-state index in [0.717, 1.165) is 4.90 Å². The standard InChI is InChI=1S/C15H11ClN2O2S/c16-12-7-9(17)5-6-13(12)21-8-18-14(19)10-3-1-2-4-11(10)15(18)20/h1-7H,8,17H2. The monoisotopic (exact) mass is 318 g/mol. The van der Waals surface area contributed by atoms with Crippen LogP contribution in [0.4, 0.5) is 5.69 Å². The molecule has 0 saturated carbocycles. The predicted molar refractivity (Wildman–Crippen MR) is 83.5 cm³/mol. The molecule has 1 aliphatic heterocycles. The quantitative estimate of drug-likeness (QED) is 0.536. The number of hydrogen-bond acceptors (Lipinski definition) is 4. The van der Waals surface area contributed by atoms with Gasteiger partial charge in [0.25, 0.3) is 11.8 Å². The number of fused-ring (bicyclic) bond motifs is 1. The number of hydrogen-bond donors (Lipinski definition) is 1. The van der Waals surface area contributed by atoms with Gasteiger partial charge >= 0.3 is 0 Å². The van der Waals surface area contributed by atoms with Crippen molar-refractivity contribution in [3.63, 3.8) is 0 Å². The molecule has 3 rings (SSSR count). The molecule has 1 aliphatic rings. The third kappa shape index (κ3) is 2.50. The SMILES string of the molecule is Nc1ccc(SCN2C(=O)c3ccccc3C2=O)c(Cl)c1. The molecule has 0 aromatic heterocycles. The molecule has 0 aliphatic carbocycles. The predicted octanol–water partition coefficient (Wildman–Crippen LogP) is 3.27. The Bertz CT molecular complexity index is 713. The first-order valence-corrected chi connectivity index (χ1v) is 7.57. The summed E-state index contributed by atoms with van der Waals surface area (Å²) in [4.78, 5) is 26.4. The van der Waals surface area contributed by atoms with Gasteiger partial charge in [-0.25, -0.2) is 0 Å². The summed E-state index contributed by atoms with van der Waals surface area (Å²) in [5.74, 6) is -0.319. The highest BCUT2D eigenvalue weighted by Gasteiger charge is 2.34. The normalized spacial score (nSPS) is 13.7. The highest BCUT2D eigenvalue weighted by molar-refractivity contribution is 7.99. The average molecular weight is 319 g/mol. The molecule has 2 aromatic carbocycles. The van der Waals surface area contributed by atoms with Gasteiger partial charge < -0.3 is 5.73 Å². The lowest BCUT2D eigenvalue weighted by molar-refractivity contribution is 0.0684. The van der Waals surface area contributed by atoms with E-state index < -0.39 is 0 Å². The van der Waals surface area contributed by atoms with Crippen molar-refractivity contribution in [1.82, 2.24) is 4.90 Å². The van der Waals surface area contributed by atoms with E-state index in [9.17, 15) is 9.59 Å². The van der Waals surface area contributed by atoms with Crippen molar-refractivity contribution >= 4 is 40.9 Å². The fourth-order valence-electron chi connectivity index (χ4n) is 2.12. The minimum Gasteiger partial charge on any atom is -0.399 e. The second-order valence-electron chi connectivity index (χ2n) is 4.55. The maximum absolute atomic E-state index is 12.2. The number of amides is 2. The first-order chi connectivity index (χ1) is 10.1. The molecule has 21 heavy (non-hydrogen) atoms. The molecule has 0 saturated heterocycles. The van der Waals surface area contributed by atoms with Crippen LogP contribution in [0.3, 0.4) is 0 Å². The number of rotatable bonds is 3. The Morgan fingerprint density at radius 1 is 1.05 bits per heavy atom. The molecule has 0 spiro atoms. The number of halogens is 1. The molecular formula is C15H11ClN2O2S. The number of nitrogen functional groups attached to an aromatic ring is 1. The van der Waals surface area contributed by atoms with Crippen LogP contribution >= 0.6 is 23.4 Å². The van der Waals surface area contributed by atoms with E-state index in [0.29, 0.717) is 21.8 Å². The summed E-state index contributed by atoms with van der Waals surface area (Å²) in [5, 5.41) is 0.511. The second kappa shape index (κ2) is 5.42. The van der Waals surface area contributed by atoms with Crippen molar-refractivity contribution in [2.45, 2.75) is 4.90 Å². The first kappa shape index (κ1) is 14.0. The number of carbonyl (C=O) groups excluding carboxylic acids is 2. The third-order valence-corrected chi connectivity index (χ3v) is 4.66. The zero-order valence-electron chi connectivity index (χ0n) is 10.9. The van der Waals surface area contributed by atoms with Gasteiger partial charge in [-0.05, 0) is 30.3 Å². The zero-order valence-corrected chi connectivity index (χ0v) is 12.4. The average Bonchev–Trinajstić information content (AvgIpc) is 2.71. The summed E-state index contributed by atoms with van der Waals surface area (Å²) >= 11 is 7.42. The van der Waals surface area contributed by atoms with Gasteiger partial charge in [0.15, 0.2) is 0 Å². The van der Waals surface area contributed by atoms with Gasteiger partial charge in [-0.1, -0.05) is 23.7 Å². The molecule has 0 unspecified atom stereocenters. The van der Waals surface area contributed by atoms with E-state index >= 15 is 0 Å². The zero-order chi connectivity index (χ0) is 15.0. The van der Waals surface area contributed by atoms with E-state index in [1.54, 1.807) is 42.5 Å². The molecule has 106 valence electrons. The van der Waals surface area contributed by atoms with Crippen LogP contribution in [0.15, 0.2) is 47.4 Å². The number of imide groups is 1. The lowest BCUT2D eigenvalue weighted by atomic mass is 10.1. The number of anilines is 1. The molecule has 2 amide bonds. The van der Waals surface area contributed by atoms with Crippen molar-refractivity contribution < 1.29 is 9.59 Å². The summed E-state index contributed by atoms with van der Waals surface area (Å²) in [5.41, 5.74) is 7.11. The molecule has 4 nitrogen and oxygen atoms in total. The third-order valence-electron chi connectivity index (χ3n) is 3.18. The Labute approximate surface area is 130 Å². The Morgan fingerprint density at radius 3 is 2.24 bits per heavy atom. The molecule has 0 bridgehead atoms. The van der Waals surface area contributed by atoms with E-state index in [-0.39, 0.29) is 17.7 Å². The van der Waals surface area contributed by atoms with Crippen LogP contribution in [0.1, 0.15) is 20.7 Å². The maximum atomic E-state index is 12.2. The molecule has 2 N–H and O–H groups in total. The number of carbonyl (C=O) groups is 2. The highest BCUT2D eigenvalue weighted by atomic mass is 35.5. The van der Waals surface area contributed by atoms with Crippen LogP contribution in [0.2, 0.25) is 5.02 Å². The minimum atomic E-state index is -0.269. The van der Waals surface area contributed by atoms with Gasteiger partial charge in [0.05, 0.1) is 22.0 Å². The molecule has 0 fully saturated rings. The maximum Gasteiger partial charge on any atom is 0.262 e. The van der Waals surface area contributed by atoms with Crippen molar-refractivity contribution in [3.05, 3.63) is 58.6 Å². The Morgan fingerprint density at radius 2 is 1.67 bits per heavy atom. The van der Waals surface area contributed by atoms with Gasteiger partial charge in [0.2, 0.25) is 0 Å². The van der Waals surface area contributed by atoms with Crippen molar-refractivity contribution in [3.8, 4) is 0 Å². The van der Waals surface area contributed by atoms with E-state index in [1.165, 1.54) is 16.7 Å². The number of thioether (sulfide) groups is 1. The molecular weight excluding hydrogens is 308 g/mol. The van der Waals surface area contributed by atoms with Crippen molar-refractivity contribution in [2.24, 2.45) is 0 Å². The topological polar surface area (TPSA) is 63.4 Å². The second-order valence-corrected chi connectivity index (χ2v) is 5.94. The molecule has 6 heteroatoms. The van der Waals surface area contributed by atoms with E-state index in [2.05, 4.69) is 0 Å². The van der Waals surface area contributed by atoms with Crippen molar-refractivity contribution in [2.75, 3.05) is 11.6 Å². The summed E-state index contributed by atoms with van der Waals surface area (Å²) < 4.78 is 0. The number of nitrogens with zero attached hydrogens (tertiary/aromatic N) is 1. The fourth-order valence-corrected chi connectivity index (χ4v) is 3.34. The van der Waals surface area contributed by atoms with Crippen LogP contribution in [0, 0.1) is 0 Å². The molecule has 0 atom stereocenters. The molecule has 0 radical (unpaired) electrons. The van der Waals surface area contributed by atoms with Crippen LogP contribution in [-0.4, -0.2) is 22.6 Å². The van der Waals surface area contributed by atoms with Gasteiger partial charge in [0.1, 0.15) is 0 Å². The van der Waals surface area contributed by atoms with Gasteiger partial charge in [-0.3, -0.25) is 14.5 Å². The Hall–Kier alpha value is -1.98. The fraction of sp³-hybridized carbons (Fsp3) is 0.0667. The van der Waals surface area contributed by atoms with Gasteiger partial charge in [0, 0.05) is 10.6 Å². The molecule has 1 heterocycles. The molecule has 2 aromatic rings. The Kier molecular flexibility index (Phi) is 3.61. The van der Waals surface area contributed by atoms with Crippen LogP contribution in [0.25, 0.3) is 0 Å². The lowest BCUT2D eigenvalue weighted by Crippen LogP contribution is -2.29. The van der Waals surface area contributed by atoms with E-state index in [4.69, 9.17) is 17.3 Å². The number of nitrogens with two attached hydrogens (primary N) is 1. The van der Waals surface area contributed by atoms with Crippen LogP contribution in [0.5, 0.6) is 0 Å². The largest absolute Gasteiger partial charge is 0.399 e. The van der Waals surface area contributed by atoms with E-state index in [1.807, 2.05) is 0 Å². The minimum absolute atomic E-state index is 0.218. The summed E-state index contributed by atoms with van der Waals surface area (Å²) in [6.07, 6.45) is 0. The van der Waals surface area contributed by atoms with Crippen LogP contribution in [-0.2, 0) is 0 Å². The number of benzene rings is 2. The van der Waals surface area contributed by atoms with Gasteiger partial charge in [-0.2, -0.15) is 0 Å². The van der Waals surface area contributed by atoms with Crippen molar-refractivity contribution in [1.29, 1.82) is 0 Å². The summed E-state index contributed by atoms with van der Waals surface area (Å²) in [6, 6.07) is 12.0. The smallest absolute Gasteiger partial charge is 0.262 e. The summed E-state index contributed by atoms with van der Waals surface area (Å²) in [6.45, 7) is 0. The highest BCUT2D eigenvalue weighted by Crippen LogP contribution is 2.31. The van der Waals surface area contributed by atoms with Crippen LogP contribution < -0.4 is 5.73 Å². The van der Waals surface area contributed by atoms with Gasteiger partial charge in [-0.15, -0.1) is 11.8 Å². The first-order valence-electron chi connectivity index (χ1n) is 6.21. The Balaban J connectivity index is 1.78.